The third-order valence-electron chi connectivity index (χ3n) is 2.93. The number of thiocarbonyl (C=S) groups is 1. The fourth-order valence-electron chi connectivity index (χ4n) is 2.06. The Balaban J connectivity index is 1.95. The molecular weight excluding hydrogens is 323 g/mol. The topological polar surface area (TPSA) is 24.1 Å². The number of aryl methyl sites for hydroxylation is 2. The summed E-state index contributed by atoms with van der Waals surface area (Å²) >= 11 is 17.3. The van der Waals surface area contributed by atoms with Crippen LogP contribution in [0.2, 0.25) is 10.0 Å². The number of nitrogens with one attached hydrogen (secondary N) is 2. The molecule has 0 atom stereocenters. The summed E-state index contributed by atoms with van der Waals surface area (Å²) in [4.78, 5) is 0. The Kier molecular flexibility index (Phi) is 5.45. The van der Waals surface area contributed by atoms with Gasteiger partial charge in [-0.2, -0.15) is 0 Å². The average Bonchev–Trinajstić information content (AvgIpc) is 2.36. The van der Waals surface area contributed by atoms with Gasteiger partial charge in [0.15, 0.2) is 5.11 Å². The molecule has 0 bridgehead atoms. The second-order valence-corrected chi connectivity index (χ2v) is 6.17. The third kappa shape index (κ3) is 4.88. The summed E-state index contributed by atoms with van der Waals surface area (Å²) in [7, 11) is 0. The SMILES string of the molecule is Cc1cc(C)cc(NC(=S)NCc2ccc(Cl)cc2Cl)c1. The monoisotopic (exact) mass is 338 g/mol. The first-order valence-electron chi connectivity index (χ1n) is 6.51. The van der Waals surface area contributed by atoms with Gasteiger partial charge in [0.25, 0.3) is 0 Å². The van der Waals surface area contributed by atoms with Crippen LogP contribution >= 0.6 is 35.4 Å². The van der Waals surface area contributed by atoms with Gasteiger partial charge in [0.2, 0.25) is 0 Å². The highest BCUT2D eigenvalue weighted by Gasteiger charge is 2.03. The quantitative estimate of drug-likeness (QED) is 0.761. The molecule has 0 aromatic heterocycles. The minimum atomic E-state index is 0.548. The summed E-state index contributed by atoms with van der Waals surface area (Å²) in [5, 5.41) is 8.13. The second kappa shape index (κ2) is 7.12. The molecule has 110 valence electrons. The largest absolute Gasteiger partial charge is 0.358 e. The van der Waals surface area contributed by atoms with Crippen molar-refractivity contribution < 1.29 is 0 Å². The fourth-order valence-corrected chi connectivity index (χ4v) is 2.73. The minimum absolute atomic E-state index is 0.548. The molecule has 0 aliphatic heterocycles. The zero-order valence-corrected chi connectivity index (χ0v) is 14.2. The van der Waals surface area contributed by atoms with Crippen molar-refractivity contribution in [2.45, 2.75) is 20.4 Å². The Morgan fingerprint density at radius 3 is 2.33 bits per heavy atom. The van der Waals surface area contributed by atoms with Crippen LogP contribution in [0.15, 0.2) is 36.4 Å². The predicted octanol–water partition coefficient (Wildman–Crippen LogP) is 5.10. The van der Waals surface area contributed by atoms with E-state index in [1.165, 1.54) is 11.1 Å². The lowest BCUT2D eigenvalue weighted by Crippen LogP contribution is -2.28. The maximum absolute atomic E-state index is 6.13. The highest BCUT2D eigenvalue weighted by molar-refractivity contribution is 7.80. The summed E-state index contributed by atoms with van der Waals surface area (Å²) in [6.45, 7) is 4.66. The molecule has 2 N–H and O–H groups in total. The van der Waals surface area contributed by atoms with Gasteiger partial charge in [0, 0.05) is 22.3 Å². The molecule has 0 saturated heterocycles. The molecule has 0 aliphatic carbocycles. The van der Waals surface area contributed by atoms with Crippen molar-refractivity contribution in [2.24, 2.45) is 0 Å². The smallest absolute Gasteiger partial charge is 0.171 e. The lowest BCUT2D eigenvalue weighted by atomic mass is 10.1. The van der Waals surface area contributed by atoms with E-state index < -0.39 is 0 Å². The zero-order valence-electron chi connectivity index (χ0n) is 11.8. The van der Waals surface area contributed by atoms with Gasteiger partial charge in [0.1, 0.15) is 0 Å². The molecule has 0 saturated carbocycles. The first-order chi connectivity index (χ1) is 9.94. The van der Waals surface area contributed by atoms with Gasteiger partial charge in [-0.25, -0.2) is 0 Å². The standard InChI is InChI=1S/C16H16Cl2N2S/c1-10-5-11(2)7-14(6-10)20-16(21)19-9-12-3-4-13(17)8-15(12)18/h3-8H,9H2,1-2H3,(H2,19,20,21). The van der Waals surface area contributed by atoms with E-state index in [1.54, 1.807) is 6.07 Å². The van der Waals surface area contributed by atoms with Crippen molar-refractivity contribution in [1.29, 1.82) is 0 Å². The van der Waals surface area contributed by atoms with Crippen molar-refractivity contribution in [2.75, 3.05) is 5.32 Å². The summed E-state index contributed by atoms with van der Waals surface area (Å²) in [6.07, 6.45) is 0. The van der Waals surface area contributed by atoms with Gasteiger partial charge in [-0.05, 0) is 67.0 Å². The van der Waals surface area contributed by atoms with Crippen LogP contribution in [-0.2, 0) is 6.54 Å². The van der Waals surface area contributed by atoms with Gasteiger partial charge in [-0.3, -0.25) is 0 Å². The Morgan fingerprint density at radius 2 is 1.71 bits per heavy atom. The van der Waals surface area contributed by atoms with E-state index >= 15 is 0 Å². The Morgan fingerprint density at radius 1 is 1.05 bits per heavy atom. The maximum atomic E-state index is 6.13. The van der Waals surface area contributed by atoms with Crippen molar-refractivity contribution in [3.63, 3.8) is 0 Å². The average molecular weight is 339 g/mol. The molecule has 5 heteroatoms. The first kappa shape index (κ1) is 16.1. The van der Waals surface area contributed by atoms with E-state index in [-0.39, 0.29) is 0 Å². The molecule has 2 nitrogen and oxygen atoms in total. The lowest BCUT2D eigenvalue weighted by molar-refractivity contribution is 0.926. The number of benzene rings is 2. The normalized spacial score (nSPS) is 10.3. The highest BCUT2D eigenvalue weighted by atomic mass is 35.5. The predicted molar refractivity (Wildman–Crippen MR) is 95.4 cm³/mol. The van der Waals surface area contributed by atoms with Gasteiger partial charge < -0.3 is 10.6 Å². The Labute approximate surface area is 140 Å². The zero-order chi connectivity index (χ0) is 15.4. The number of hydrogen-bond acceptors (Lipinski definition) is 1. The Hall–Kier alpha value is -1.29. The van der Waals surface area contributed by atoms with Crippen LogP contribution in [0.1, 0.15) is 16.7 Å². The summed E-state index contributed by atoms with van der Waals surface area (Å²) in [6, 6.07) is 11.6. The summed E-state index contributed by atoms with van der Waals surface area (Å²) in [5.74, 6) is 0. The Bertz CT molecular complexity index is 651. The van der Waals surface area contributed by atoms with E-state index in [0.29, 0.717) is 21.7 Å². The maximum Gasteiger partial charge on any atom is 0.171 e. The molecule has 0 radical (unpaired) electrons. The molecule has 2 aromatic rings. The summed E-state index contributed by atoms with van der Waals surface area (Å²) in [5.41, 5.74) is 4.32. The number of rotatable bonds is 3. The fraction of sp³-hybridized carbons (Fsp3) is 0.188. The minimum Gasteiger partial charge on any atom is -0.358 e. The van der Waals surface area contributed by atoms with E-state index in [4.69, 9.17) is 35.4 Å². The molecule has 0 amide bonds. The van der Waals surface area contributed by atoms with E-state index in [2.05, 4.69) is 42.7 Å². The van der Waals surface area contributed by atoms with Gasteiger partial charge in [-0.1, -0.05) is 35.3 Å². The van der Waals surface area contributed by atoms with Crippen molar-refractivity contribution in [3.8, 4) is 0 Å². The van der Waals surface area contributed by atoms with Gasteiger partial charge in [-0.15, -0.1) is 0 Å². The van der Waals surface area contributed by atoms with Crippen LogP contribution in [-0.4, -0.2) is 5.11 Å². The van der Waals surface area contributed by atoms with Crippen molar-refractivity contribution >= 4 is 46.2 Å². The molecule has 0 heterocycles. The molecule has 0 spiro atoms. The number of anilines is 1. The molecule has 0 aliphatic rings. The van der Waals surface area contributed by atoms with Gasteiger partial charge in [0.05, 0.1) is 0 Å². The molecule has 21 heavy (non-hydrogen) atoms. The van der Waals surface area contributed by atoms with Crippen LogP contribution in [0.3, 0.4) is 0 Å². The highest BCUT2D eigenvalue weighted by Crippen LogP contribution is 2.20. The van der Waals surface area contributed by atoms with Gasteiger partial charge >= 0.3 is 0 Å². The van der Waals surface area contributed by atoms with Crippen molar-refractivity contribution in [3.05, 3.63) is 63.1 Å². The number of halogens is 2. The van der Waals surface area contributed by atoms with Crippen molar-refractivity contribution in [1.82, 2.24) is 5.32 Å². The first-order valence-corrected chi connectivity index (χ1v) is 7.67. The number of hydrogen-bond donors (Lipinski definition) is 2. The molecule has 2 aromatic carbocycles. The summed E-state index contributed by atoms with van der Waals surface area (Å²) < 4.78 is 0. The molecule has 0 unspecified atom stereocenters. The van der Waals surface area contributed by atoms with Crippen LogP contribution < -0.4 is 10.6 Å². The van der Waals surface area contributed by atoms with Crippen LogP contribution in [0.25, 0.3) is 0 Å². The van der Waals surface area contributed by atoms with E-state index in [9.17, 15) is 0 Å². The van der Waals surface area contributed by atoms with E-state index in [0.717, 1.165) is 11.3 Å². The molecule has 2 rings (SSSR count). The molecule has 0 fully saturated rings. The van der Waals surface area contributed by atoms with Crippen LogP contribution in [0.5, 0.6) is 0 Å². The third-order valence-corrected chi connectivity index (χ3v) is 3.77. The van der Waals surface area contributed by atoms with Crippen LogP contribution in [0.4, 0.5) is 5.69 Å². The molecular formula is C16H16Cl2N2S. The van der Waals surface area contributed by atoms with E-state index in [1.807, 2.05) is 12.1 Å². The van der Waals surface area contributed by atoms with Crippen LogP contribution in [0, 0.1) is 13.8 Å². The second-order valence-electron chi connectivity index (χ2n) is 4.92. The lowest BCUT2D eigenvalue weighted by Gasteiger charge is -2.12.